The number of alkyl halides is 1. The van der Waals surface area contributed by atoms with Gasteiger partial charge in [-0.25, -0.2) is 0 Å². The van der Waals surface area contributed by atoms with Crippen LogP contribution in [0.25, 0.3) is 6.08 Å². The number of hydrogen-bond donors (Lipinski definition) is 1. The highest BCUT2D eigenvalue weighted by Crippen LogP contribution is 2.04. The van der Waals surface area contributed by atoms with Gasteiger partial charge in [-0.15, -0.1) is 0 Å². The average Bonchev–Trinajstić information content (AvgIpc) is 2.03. The van der Waals surface area contributed by atoms with Gasteiger partial charge >= 0.3 is 0 Å². The lowest BCUT2D eigenvalue weighted by Gasteiger charge is -1.92. The molecule has 0 saturated heterocycles. The standard InChI is InChI=1S/C9H9BrO/c10-9(11)7-6-8-4-2-1-3-5-8/h1-7,9,11H. The maximum Gasteiger partial charge on any atom is 0.127 e. The van der Waals surface area contributed by atoms with E-state index in [0.717, 1.165) is 5.56 Å². The van der Waals surface area contributed by atoms with Crippen molar-refractivity contribution < 1.29 is 5.11 Å². The van der Waals surface area contributed by atoms with Crippen LogP contribution in [0.4, 0.5) is 0 Å². The van der Waals surface area contributed by atoms with E-state index in [2.05, 4.69) is 15.9 Å². The average molecular weight is 213 g/mol. The molecule has 1 aromatic carbocycles. The highest BCUT2D eigenvalue weighted by atomic mass is 79.9. The summed E-state index contributed by atoms with van der Waals surface area (Å²) in [7, 11) is 0. The predicted octanol–water partition coefficient (Wildman–Crippen LogP) is 2.41. The van der Waals surface area contributed by atoms with Gasteiger partial charge in [-0.3, -0.25) is 0 Å². The minimum atomic E-state index is -0.553. The highest BCUT2D eigenvalue weighted by molar-refractivity contribution is 9.09. The molecule has 0 amide bonds. The molecule has 2 heteroatoms. The van der Waals surface area contributed by atoms with Crippen molar-refractivity contribution >= 4 is 22.0 Å². The Morgan fingerprint density at radius 2 is 1.91 bits per heavy atom. The smallest absolute Gasteiger partial charge is 0.127 e. The van der Waals surface area contributed by atoms with Crippen LogP contribution in [-0.2, 0) is 0 Å². The first kappa shape index (κ1) is 8.50. The minimum absolute atomic E-state index is 0.553. The normalized spacial score (nSPS) is 13.6. The summed E-state index contributed by atoms with van der Waals surface area (Å²) >= 11 is 3.00. The number of aliphatic hydroxyl groups excluding tert-OH is 1. The maximum atomic E-state index is 8.84. The maximum absolute atomic E-state index is 8.84. The lowest BCUT2D eigenvalue weighted by molar-refractivity contribution is 0.317. The van der Waals surface area contributed by atoms with Crippen molar-refractivity contribution in [3.05, 3.63) is 42.0 Å². The van der Waals surface area contributed by atoms with Gasteiger partial charge in [0.1, 0.15) is 5.01 Å². The molecule has 0 bridgehead atoms. The predicted molar refractivity (Wildman–Crippen MR) is 50.4 cm³/mol. The van der Waals surface area contributed by atoms with Gasteiger partial charge in [0.05, 0.1) is 0 Å². The summed E-state index contributed by atoms with van der Waals surface area (Å²) in [6.07, 6.45) is 3.54. The van der Waals surface area contributed by atoms with Gasteiger partial charge in [0.2, 0.25) is 0 Å². The van der Waals surface area contributed by atoms with Crippen molar-refractivity contribution in [2.24, 2.45) is 0 Å². The zero-order valence-corrected chi connectivity index (χ0v) is 7.53. The second kappa shape index (κ2) is 4.31. The third-order valence-electron chi connectivity index (χ3n) is 1.25. The summed E-state index contributed by atoms with van der Waals surface area (Å²) < 4.78 is 0. The molecular formula is C9H9BrO. The second-order valence-electron chi connectivity index (χ2n) is 2.14. The van der Waals surface area contributed by atoms with Gasteiger partial charge in [-0.2, -0.15) is 0 Å². The first-order valence-corrected chi connectivity index (χ1v) is 4.26. The van der Waals surface area contributed by atoms with Crippen molar-refractivity contribution in [2.75, 3.05) is 0 Å². The number of rotatable bonds is 2. The molecule has 11 heavy (non-hydrogen) atoms. The molecule has 0 spiro atoms. The van der Waals surface area contributed by atoms with Crippen LogP contribution in [0, 0.1) is 0 Å². The summed E-state index contributed by atoms with van der Waals surface area (Å²) in [6, 6.07) is 9.83. The lowest BCUT2D eigenvalue weighted by atomic mass is 10.2. The molecule has 1 atom stereocenters. The van der Waals surface area contributed by atoms with E-state index < -0.39 is 5.01 Å². The molecule has 1 nitrogen and oxygen atoms in total. The Morgan fingerprint density at radius 3 is 2.45 bits per heavy atom. The fraction of sp³-hybridized carbons (Fsp3) is 0.111. The monoisotopic (exact) mass is 212 g/mol. The fourth-order valence-electron chi connectivity index (χ4n) is 0.755. The van der Waals surface area contributed by atoms with Crippen LogP contribution in [0.3, 0.4) is 0 Å². The van der Waals surface area contributed by atoms with Gasteiger partial charge in [-0.05, 0) is 11.6 Å². The molecule has 1 unspecified atom stereocenters. The van der Waals surface area contributed by atoms with Gasteiger partial charge < -0.3 is 5.11 Å². The van der Waals surface area contributed by atoms with E-state index in [4.69, 9.17) is 5.11 Å². The first-order valence-electron chi connectivity index (χ1n) is 3.34. The van der Waals surface area contributed by atoms with Gasteiger partial charge in [0, 0.05) is 0 Å². The van der Waals surface area contributed by atoms with E-state index >= 15 is 0 Å². The third kappa shape index (κ3) is 3.35. The molecule has 0 heterocycles. The second-order valence-corrected chi connectivity index (χ2v) is 3.08. The van der Waals surface area contributed by atoms with Crippen LogP contribution in [0.1, 0.15) is 5.56 Å². The molecule has 0 aliphatic rings. The van der Waals surface area contributed by atoms with E-state index in [-0.39, 0.29) is 0 Å². The largest absolute Gasteiger partial charge is 0.378 e. The number of hydrogen-bond acceptors (Lipinski definition) is 1. The molecule has 58 valence electrons. The molecule has 1 N–H and O–H groups in total. The zero-order chi connectivity index (χ0) is 8.10. The lowest BCUT2D eigenvalue weighted by Crippen LogP contribution is -1.85. The van der Waals surface area contributed by atoms with Crippen LogP contribution in [0.15, 0.2) is 36.4 Å². The van der Waals surface area contributed by atoms with E-state index in [1.54, 1.807) is 6.08 Å². The van der Waals surface area contributed by atoms with Crippen LogP contribution < -0.4 is 0 Å². The summed E-state index contributed by atoms with van der Waals surface area (Å²) in [4.78, 5) is 0. The Bertz CT molecular complexity index is 229. The van der Waals surface area contributed by atoms with Gasteiger partial charge in [0.15, 0.2) is 0 Å². The molecule has 0 radical (unpaired) electrons. The SMILES string of the molecule is OC(Br)C=Cc1ccccc1. The van der Waals surface area contributed by atoms with Crippen LogP contribution in [-0.4, -0.2) is 10.1 Å². The summed E-state index contributed by atoms with van der Waals surface area (Å²) in [5.74, 6) is 0. The quantitative estimate of drug-likeness (QED) is 0.748. The Labute approximate surface area is 74.5 Å². The summed E-state index contributed by atoms with van der Waals surface area (Å²) in [5.41, 5.74) is 1.09. The van der Waals surface area contributed by atoms with Gasteiger partial charge in [-0.1, -0.05) is 52.3 Å². The zero-order valence-electron chi connectivity index (χ0n) is 5.94. The minimum Gasteiger partial charge on any atom is -0.378 e. The molecule has 0 fully saturated rings. The van der Waals surface area contributed by atoms with Crippen LogP contribution in [0.2, 0.25) is 0 Å². The topological polar surface area (TPSA) is 20.2 Å². The molecule has 0 saturated carbocycles. The van der Waals surface area contributed by atoms with Gasteiger partial charge in [0.25, 0.3) is 0 Å². The van der Waals surface area contributed by atoms with Crippen molar-refractivity contribution in [2.45, 2.75) is 5.01 Å². The molecule has 1 rings (SSSR count). The fourth-order valence-corrected chi connectivity index (χ4v) is 0.907. The molecular weight excluding hydrogens is 204 g/mol. The summed E-state index contributed by atoms with van der Waals surface area (Å²) in [5, 5.41) is 8.29. The summed E-state index contributed by atoms with van der Waals surface area (Å²) in [6.45, 7) is 0. The molecule has 0 aliphatic carbocycles. The van der Waals surface area contributed by atoms with E-state index in [1.165, 1.54) is 0 Å². The van der Waals surface area contributed by atoms with E-state index in [9.17, 15) is 0 Å². The molecule has 0 aliphatic heterocycles. The highest BCUT2D eigenvalue weighted by Gasteiger charge is 1.87. The number of benzene rings is 1. The van der Waals surface area contributed by atoms with Crippen molar-refractivity contribution in [3.63, 3.8) is 0 Å². The van der Waals surface area contributed by atoms with E-state index in [1.807, 2.05) is 36.4 Å². The first-order chi connectivity index (χ1) is 5.29. The van der Waals surface area contributed by atoms with Crippen LogP contribution >= 0.6 is 15.9 Å². The van der Waals surface area contributed by atoms with E-state index in [0.29, 0.717) is 0 Å². The van der Waals surface area contributed by atoms with Crippen molar-refractivity contribution in [1.29, 1.82) is 0 Å². The molecule has 1 aromatic rings. The Hall–Kier alpha value is -0.600. The Morgan fingerprint density at radius 1 is 1.27 bits per heavy atom. The number of aliphatic hydroxyl groups is 1. The van der Waals surface area contributed by atoms with Crippen molar-refractivity contribution in [1.82, 2.24) is 0 Å². The third-order valence-corrected chi connectivity index (χ3v) is 1.55. The number of halogens is 1. The molecule has 0 aromatic heterocycles. The Balaban J connectivity index is 2.65. The Kier molecular flexibility index (Phi) is 3.33. The van der Waals surface area contributed by atoms with Crippen LogP contribution in [0.5, 0.6) is 0 Å². The van der Waals surface area contributed by atoms with Crippen molar-refractivity contribution in [3.8, 4) is 0 Å².